The highest BCUT2D eigenvalue weighted by Crippen LogP contribution is 2.28. The van der Waals surface area contributed by atoms with Gasteiger partial charge in [0.05, 0.1) is 16.7 Å². The molecule has 0 saturated carbocycles. The zero-order valence-electron chi connectivity index (χ0n) is 11.0. The Kier molecular flexibility index (Phi) is 4.10. The number of phenols is 1. The second-order valence-electron chi connectivity index (χ2n) is 5.29. The Bertz CT molecular complexity index is 508. The molecule has 0 heterocycles. The monoisotopic (exact) mass is 267 g/mol. The molecule has 0 fully saturated rings. The molecule has 0 aliphatic heterocycles. The first kappa shape index (κ1) is 14.9. The third kappa shape index (κ3) is 3.65. The van der Waals surface area contributed by atoms with Gasteiger partial charge in [-0.15, -0.1) is 0 Å². The molecule has 1 aromatic rings. The fourth-order valence-corrected chi connectivity index (χ4v) is 1.34. The Morgan fingerprint density at radius 1 is 1.47 bits per heavy atom. The van der Waals surface area contributed by atoms with Gasteiger partial charge in [0, 0.05) is 12.1 Å². The van der Waals surface area contributed by atoms with Crippen LogP contribution in [0.15, 0.2) is 18.2 Å². The molecular weight excluding hydrogens is 250 g/mol. The molecule has 1 amide bonds. The fourth-order valence-electron chi connectivity index (χ4n) is 1.34. The molecule has 7 heteroatoms. The van der Waals surface area contributed by atoms with Crippen molar-refractivity contribution in [3.8, 4) is 5.75 Å². The SMILES string of the molecule is CC(C)(C)[C@H](N)C(=O)Nc1cc([N+](=O)[O-])ccc1O. The van der Waals surface area contributed by atoms with E-state index in [1.165, 1.54) is 0 Å². The largest absolute Gasteiger partial charge is 0.506 e. The molecule has 0 aromatic heterocycles. The van der Waals surface area contributed by atoms with Gasteiger partial charge < -0.3 is 16.2 Å². The number of hydrogen-bond acceptors (Lipinski definition) is 5. The second-order valence-corrected chi connectivity index (χ2v) is 5.29. The predicted molar refractivity (Wildman–Crippen MR) is 70.8 cm³/mol. The van der Waals surface area contributed by atoms with Crippen LogP contribution >= 0.6 is 0 Å². The van der Waals surface area contributed by atoms with Crippen LogP contribution in [-0.2, 0) is 4.79 Å². The van der Waals surface area contributed by atoms with Crippen LogP contribution in [0.3, 0.4) is 0 Å². The normalized spacial score (nSPS) is 12.8. The summed E-state index contributed by atoms with van der Waals surface area (Å²) in [6.07, 6.45) is 0. The van der Waals surface area contributed by atoms with E-state index in [-0.39, 0.29) is 17.1 Å². The van der Waals surface area contributed by atoms with Gasteiger partial charge in [-0.25, -0.2) is 0 Å². The minimum atomic E-state index is -0.800. The molecule has 0 spiro atoms. The Morgan fingerprint density at radius 2 is 2.05 bits per heavy atom. The van der Waals surface area contributed by atoms with E-state index in [1.807, 2.05) is 0 Å². The van der Waals surface area contributed by atoms with E-state index < -0.39 is 22.3 Å². The number of nitro benzene ring substituents is 1. The van der Waals surface area contributed by atoms with Gasteiger partial charge in [0.2, 0.25) is 5.91 Å². The number of amides is 1. The van der Waals surface area contributed by atoms with Crippen molar-refractivity contribution in [2.75, 3.05) is 5.32 Å². The zero-order valence-corrected chi connectivity index (χ0v) is 11.0. The average molecular weight is 267 g/mol. The van der Waals surface area contributed by atoms with Gasteiger partial charge in [0.25, 0.3) is 5.69 Å². The van der Waals surface area contributed by atoms with Crippen molar-refractivity contribution < 1.29 is 14.8 Å². The van der Waals surface area contributed by atoms with E-state index in [2.05, 4.69) is 5.32 Å². The van der Waals surface area contributed by atoms with Gasteiger partial charge in [-0.2, -0.15) is 0 Å². The van der Waals surface area contributed by atoms with Gasteiger partial charge in [-0.1, -0.05) is 20.8 Å². The number of nitrogens with one attached hydrogen (secondary N) is 1. The lowest BCUT2D eigenvalue weighted by atomic mass is 9.87. The van der Waals surface area contributed by atoms with E-state index >= 15 is 0 Å². The van der Waals surface area contributed by atoms with E-state index in [4.69, 9.17) is 5.73 Å². The maximum atomic E-state index is 11.9. The number of carbonyl (C=O) groups is 1. The third-order valence-electron chi connectivity index (χ3n) is 2.66. The Morgan fingerprint density at radius 3 is 2.53 bits per heavy atom. The minimum Gasteiger partial charge on any atom is -0.506 e. The number of carbonyl (C=O) groups excluding carboxylic acids is 1. The topological polar surface area (TPSA) is 118 Å². The summed E-state index contributed by atoms with van der Waals surface area (Å²) < 4.78 is 0. The van der Waals surface area contributed by atoms with E-state index in [0.717, 1.165) is 18.2 Å². The molecule has 0 aliphatic carbocycles. The first-order valence-electron chi connectivity index (χ1n) is 5.67. The summed E-state index contributed by atoms with van der Waals surface area (Å²) in [7, 11) is 0. The lowest BCUT2D eigenvalue weighted by Crippen LogP contribution is -2.45. The summed E-state index contributed by atoms with van der Waals surface area (Å²) in [5.74, 6) is -0.761. The van der Waals surface area contributed by atoms with E-state index in [0.29, 0.717) is 0 Å². The van der Waals surface area contributed by atoms with E-state index in [1.54, 1.807) is 20.8 Å². The summed E-state index contributed by atoms with van der Waals surface area (Å²) in [5.41, 5.74) is 5.05. The molecule has 4 N–H and O–H groups in total. The third-order valence-corrected chi connectivity index (χ3v) is 2.66. The first-order valence-corrected chi connectivity index (χ1v) is 5.67. The molecule has 0 aliphatic rings. The molecule has 104 valence electrons. The first-order chi connectivity index (χ1) is 8.62. The minimum absolute atomic E-state index is 0.0288. The van der Waals surface area contributed by atoms with Crippen molar-refractivity contribution in [3.05, 3.63) is 28.3 Å². The summed E-state index contributed by atoms with van der Waals surface area (Å²) >= 11 is 0. The zero-order chi connectivity index (χ0) is 14.8. The van der Waals surface area contributed by atoms with E-state index in [9.17, 15) is 20.0 Å². The number of benzene rings is 1. The molecule has 7 nitrogen and oxygen atoms in total. The molecule has 0 unspecified atom stereocenters. The predicted octanol–water partition coefficient (Wildman–Crippen LogP) is 1.61. The number of phenolic OH excluding ortho intramolecular Hbond substituents is 1. The number of anilines is 1. The lowest BCUT2D eigenvalue weighted by Gasteiger charge is -2.25. The van der Waals surface area contributed by atoms with Crippen LogP contribution in [0.2, 0.25) is 0 Å². The van der Waals surface area contributed by atoms with Crippen molar-refractivity contribution in [1.29, 1.82) is 0 Å². The van der Waals surface area contributed by atoms with Crippen LogP contribution in [0, 0.1) is 15.5 Å². The van der Waals surface area contributed by atoms with Crippen LogP contribution < -0.4 is 11.1 Å². The summed E-state index contributed by atoms with van der Waals surface area (Å²) in [6, 6.07) is 2.58. The highest BCUT2D eigenvalue weighted by Gasteiger charge is 2.28. The molecule has 19 heavy (non-hydrogen) atoms. The Hall–Kier alpha value is -2.15. The number of non-ortho nitro benzene ring substituents is 1. The summed E-state index contributed by atoms with van der Waals surface area (Å²) in [6.45, 7) is 5.39. The van der Waals surface area contributed by atoms with Crippen LogP contribution in [0.4, 0.5) is 11.4 Å². The van der Waals surface area contributed by atoms with Crippen molar-refractivity contribution in [3.63, 3.8) is 0 Å². The molecule has 1 rings (SSSR count). The molecular formula is C12H17N3O4. The number of aromatic hydroxyl groups is 1. The van der Waals surface area contributed by atoms with Crippen molar-refractivity contribution >= 4 is 17.3 Å². The van der Waals surface area contributed by atoms with Crippen LogP contribution in [0.5, 0.6) is 5.75 Å². The highest BCUT2D eigenvalue weighted by atomic mass is 16.6. The molecule has 0 bridgehead atoms. The number of nitrogens with zero attached hydrogens (tertiary/aromatic N) is 1. The summed E-state index contributed by atoms with van der Waals surface area (Å²) in [4.78, 5) is 21.9. The van der Waals surface area contributed by atoms with Gasteiger partial charge in [0.1, 0.15) is 5.75 Å². The van der Waals surface area contributed by atoms with Crippen LogP contribution in [0.1, 0.15) is 20.8 Å². The second kappa shape index (κ2) is 5.23. The van der Waals surface area contributed by atoms with Crippen molar-refractivity contribution in [2.45, 2.75) is 26.8 Å². The average Bonchev–Trinajstić information content (AvgIpc) is 2.29. The maximum absolute atomic E-state index is 11.9. The van der Waals surface area contributed by atoms with Gasteiger partial charge in [-0.05, 0) is 11.5 Å². The van der Waals surface area contributed by atoms with Gasteiger partial charge >= 0.3 is 0 Å². The standard InChI is InChI=1S/C12H17N3O4/c1-12(2,3)10(13)11(17)14-8-6-7(15(18)19)4-5-9(8)16/h4-6,10,16H,13H2,1-3H3,(H,14,17)/t10-/m1/s1. The number of nitro groups is 1. The number of nitrogens with two attached hydrogens (primary N) is 1. The van der Waals surface area contributed by atoms with Crippen LogP contribution in [0.25, 0.3) is 0 Å². The van der Waals surface area contributed by atoms with Crippen molar-refractivity contribution in [1.82, 2.24) is 0 Å². The Labute approximate surface area is 110 Å². The summed E-state index contributed by atoms with van der Waals surface area (Å²) in [5, 5.41) is 22.6. The lowest BCUT2D eigenvalue weighted by molar-refractivity contribution is -0.384. The fraction of sp³-hybridized carbons (Fsp3) is 0.417. The highest BCUT2D eigenvalue weighted by molar-refractivity contribution is 5.96. The molecule has 1 atom stereocenters. The van der Waals surface area contributed by atoms with Crippen LogP contribution in [-0.4, -0.2) is 22.0 Å². The number of hydrogen-bond donors (Lipinski definition) is 3. The smallest absolute Gasteiger partial charge is 0.271 e. The van der Waals surface area contributed by atoms with Gasteiger partial charge in [0.15, 0.2) is 0 Å². The molecule has 1 aromatic carbocycles. The quantitative estimate of drug-likeness (QED) is 0.436. The molecule has 0 radical (unpaired) electrons. The van der Waals surface area contributed by atoms with Crippen molar-refractivity contribution in [2.24, 2.45) is 11.1 Å². The number of rotatable bonds is 3. The Balaban J connectivity index is 2.96. The maximum Gasteiger partial charge on any atom is 0.271 e. The molecule has 0 saturated heterocycles. The van der Waals surface area contributed by atoms with Gasteiger partial charge in [-0.3, -0.25) is 14.9 Å².